The number of hydrogen-bond acceptors (Lipinski definition) is 4. The number of anilines is 2. The third-order valence-corrected chi connectivity index (χ3v) is 3.56. The summed E-state index contributed by atoms with van der Waals surface area (Å²) < 4.78 is 18.4. The molecular formula is C18H15FN2O2. The van der Waals surface area contributed by atoms with Crippen LogP contribution in [0.15, 0.2) is 48.7 Å². The fraction of sp³-hybridized carbons (Fsp3) is 0.111. The van der Waals surface area contributed by atoms with E-state index in [0.717, 1.165) is 16.8 Å². The van der Waals surface area contributed by atoms with Crippen molar-refractivity contribution in [1.29, 1.82) is 0 Å². The number of methoxy groups -OCH3 is 1. The summed E-state index contributed by atoms with van der Waals surface area (Å²) in [4.78, 5) is 15.9. The number of halogens is 1. The Morgan fingerprint density at radius 2 is 2.04 bits per heavy atom. The van der Waals surface area contributed by atoms with Crippen molar-refractivity contribution in [3.05, 3.63) is 65.6 Å². The highest BCUT2D eigenvalue weighted by molar-refractivity contribution is 5.95. The number of benzene rings is 2. The first kappa shape index (κ1) is 15.0. The van der Waals surface area contributed by atoms with Crippen molar-refractivity contribution in [1.82, 2.24) is 4.98 Å². The lowest BCUT2D eigenvalue weighted by Gasteiger charge is -2.11. The van der Waals surface area contributed by atoms with E-state index in [2.05, 4.69) is 10.3 Å². The number of nitrogens with zero attached hydrogens (tertiary/aromatic N) is 1. The standard InChI is InChI=1S/C18H15FN2O2/c1-11-8-13(19)10-15-16(6-7-20-17(11)15)21-14-5-3-4-12(9-14)18(22)23-2/h3-10H,1-2H3,(H,20,21). The predicted molar refractivity (Wildman–Crippen MR) is 87.5 cm³/mol. The van der Waals surface area contributed by atoms with Gasteiger partial charge in [-0.05, 0) is 48.9 Å². The molecule has 23 heavy (non-hydrogen) atoms. The van der Waals surface area contributed by atoms with Crippen LogP contribution < -0.4 is 5.32 Å². The number of carbonyl (C=O) groups is 1. The van der Waals surface area contributed by atoms with Crippen molar-refractivity contribution in [2.75, 3.05) is 12.4 Å². The van der Waals surface area contributed by atoms with Gasteiger partial charge in [0.25, 0.3) is 0 Å². The Morgan fingerprint density at radius 3 is 2.83 bits per heavy atom. The lowest BCUT2D eigenvalue weighted by atomic mass is 10.1. The zero-order chi connectivity index (χ0) is 16.4. The van der Waals surface area contributed by atoms with Gasteiger partial charge >= 0.3 is 5.97 Å². The molecular weight excluding hydrogens is 295 g/mol. The lowest BCUT2D eigenvalue weighted by Crippen LogP contribution is -2.02. The van der Waals surface area contributed by atoms with E-state index < -0.39 is 5.97 Å². The normalized spacial score (nSPS) is 10.6. The Morgan fingerprint density at radius 1 is 1.22 bits per heavy atom. The van der Waals surface area contributed by atoms with Gasteiger partial charge in [-0.2, -0.15) is 0 Å². The van der Waals surface area contributed by atoms with Gasteiger partial charge in [-0.3, -0.25) is 4.98 Å². The van der Waals surface area contributed by atoms with Crippen LogP contribution in [0.4, 0.5) is 15.8 Å². The van der Waals surface area contributed by atoms with Crippen LogP contribution in [0, 0.1) is 12.7 Å². The third-order valence-electron chi connectivity index (χ3n) is 3.56. The summed E-state index contributed by atoms with van der Waals surface area (Å²) in [6, 6.07) is 11.6. The van der Waals surface area contributed by atoms with E-state index in [0.29, 0.717) is 16.6 Å². The second-order valence-corrected chi connectivity index (χ2v) is 5.17. The molecule has 0 saturated heterocycles. The number of ether oxygens (including phenoxy) is 1. The first-order valence-corrected chi connectivity index (χ1v) is 7.09. The van der Waals surface area contributed by atoms with Gasteiger partial charge in [-0.25, -0.2) is 9.18 Å². The highest BCUT2D eigenvalue weighted by atomic mass is 19.1. The summed E-state index contributed by atoms with van der Waals surface area (Å²) >= 11 is 0. The van der Waals surface area contributed by atoms with Crippen LogP contribution >= 0.6 is 0 Å². The number of nitrogens with one attached hydrogen (secondary N) is 1. The summed E-state index contributed by atoms with van der Waals surface area (Å²) in [5.41, 5.74) is 3.38. The van der Waals surface area contributed by atoms with E-state index in [4.69, 9.17) is 4.74 Å². The van der Waals surface area contributed by atoms with E-state index in [1.54, 1.807) is 30.5 Å². The maximum absolute atomic E-state index is 13.7. The van der Waals surface area contributed by atoms with Crippen LogP contribution in [0.1, 0.15) is 15.9 Å². The van der Waals surface area contributed by atoms with E-state index in [-0.39, 0.29) is 5.82 Å². The molecule has 5 heteroatoms. The van der Waals surface area contributed by atoms with E-state index in [1.807, 2.05) is 13.0 Å². The molecule has 1 N–H and O–H groups in total. The number of carbonyl (C=O) groups excluding carboxylic acids is 1. The second kappa shape index (κ2) is 6.04. The second-order valence-electron chi connectivity index (χ2n) is 5.17. The molecule has 0 atom stereocenters. The Bertz CT molecular complexity index is 893. The molecule has 0 aliphatic rings. The highest BCUT2D eigenvalue weighted by Gasteiger charge is 2.09. The Kier molecular flexibility index (Phi) is 3.93. The van der Waals surface area contributed by atoms with Gasteiger partial charge in [0.2, 0.25) is 0 Å². The Balaban J connectivity index is 2.04. The Hall–Kier alpha value is -2.95. The topological polar surface area (TPSA) is 51.2 Å². The van der Waals surface area contributed by atoms with Crippen molar-refractivity contribution in [3.63, 3.8) is 0 Å². The molecule has 3 rings (SSSR count). The average Bonchev–Trinajstić information content (AvgIpc) is 2.55. The minimum absolute atomic E-state index is 0.311. The van der Waals surface area contributed by atoms with Crippen molar-refractivity contribution in [2.45, 2.75) is 6.92 Å². The number of esters is 1. The predicted octanol–water partition coefficient (Wildman–Crippen LogP) is 4.21. The number of hydrogen-bond donors (Lipinski definition) is 1. The zero-order valence-electron chi connectivity index (χ0n) is 12.8. The van der Waals surface area contributed by atoms with Crippen LogP contribution in [0.25, 0.3) is 10.9 Å². The molecule has 0 aliphatic carbocycles. The van der Waals surface area contributed by atoms with Gasteiger partial charge in [0, 0.05) is 23.0 Å². The summed E-state index contributed by atoms with van der Waals surface area (Å²) in [5, 5.41) is 3.89. The summed E-state index contributed by atoms with van der Waals surface area (Å²) in [5.74, 6) is -0.718. The number of fused-ring (bicyclic) bond motifs is 1. The maximum Gasteiger partial charge on any atom is 0.337 e. The number of aromatic nitrogens is 1. The summed E-state index contributed by atoms with van der Waals surface area (Å²) in [6.45, 7) is 1.82. The fourth-order valence-corrected chi connectivity index (χ4v) is 2.49. The van der Waals surface area contributed by atoms with Gasteiger partial charge in [-0.15, -0.1) is 0 Å². The molecule has 1 heterocycles. The van der Waals surface area contributed by atoms with Gasteiger partial charge in [-0.1, -0.05) is 6.07 Å². The van der Waals surface area contributed by atoms with Gasteiger partial charge < -0.3 is 10.1 Å². The van der Waals surface area contributed by atoms with Gasteiger partial charge in [0.05, 0.1) is 18.2 Å². The fourth-order valence-electron chi connectivity index (χ4n) is 2.49. The largest absolute Gasteiger partial charge is 0.465 e. The van der Waals surface area contributed by atoms with Crippen LogP contribution in [-0.2, 0) is 4.74 Å². The van der Waals surface area contributed by atoms with Gasteiger partial charge in [0.1, 0.15) is 5.82 Å². The molecule has 0 fully saturated rings. The van der Waals surface area contributed by atoms with Crippen LogP contribution in [0.2, 0.25) is 0 Å². The van der Waals surface area contributed by atoms with E-state index in [1.165, 1.54) is 19.2 Å². The maximum atomic E-state index is 13.7. The molecule has 3 aromatic rings. The SMILES string of the molecule is COC(=O)c1cccc(Nc2ccnc3c(C)cc(F)cc23)c1. The first-order chi connectivity index (χ1) is 11.1. The molecule has 0 unspecified atom stereocenters. The summed E-state index contributed by atoms with van der Waals surface area (Å²) in [7, 11) is 1.34. The highest BCUT2D eigenvalue weighted by Crippen LogP contribution is 2.28. The van der Waals surface area contributed by atoms with Crippen molar-refractivity contribution >= 4 is 28.2 Å². The third kappa shape index (κ3) is 2.99. The van der Waals surface area contributed by atoms with Crippen LogP contribution in [0.3, 0.4) is 0 Å². The minimum atomic E-state index is -0.407. The van der Waals surface area contributed by atoms with E-state index in [9.17, 15) is 9.18 Å². The minimum Gasteiger partial charge on any atom is -0.465 e. The van der Waals surface area contributed by atoms with Crippen molar-refractivity contribution < 1.29 is 13.9 Å². The van der Waals surface area contributed by atoms with Crippen LogP contribution in [-0.4, -0.2) is 18.1 Å². The molecule has 4 nitrogen and oxygen atoms in total. The molecule has 0 aliphatic heterocycles. The molecule has 0 bridgehead atoms. The Labute approximate surface area is 132 Å². The van der Waals surface area contributed by atoms with Crippen LogP contribution in [0.5, 0.6) is 0 Å². The van der Waals surface area contributed by atoms with Gasteiger partial charge in [0.15, 0.2) is 0 Å². The monoisotopic (exact) mass is 310 g/mol. The van der Waals surface area contributed by atoms with Crippen molar-refractivity contribution in [2.24, 2.45) is 0 Å². The number of pyridine rings is 1. The zero-order valence-corrected chi connectivity index (χ0v) is 12.8. The first-order valence-electron chi connectivity index (χ1n) is 7.09. The molecule has 0 radical (unpaired) electrons. The molecule has 1 aromatic heterocycles. The van der Waals surface area contributed by atoms with Crippen molar-refractivity contribution in [3.8, 4) is 0 Å². The average molecular weight is 310 g/mol. The smallest absolute Gasteiger partial charge is 0.337 e. The van der Waals surface area contributed by atoms with E-state index >= 15 is 0 Å². The lowest BCUT2D eigenvalue weighted by molar-refractivity contribution is 0.0601. The number of aryl methyl sites for hydroxylation is 1. The molecule has 2 aromatic carbocycles. The molecule has 0 amide bonds. The molecule has 0 spiro atoms. The summed E-state index contributed by atoms with van der Waals surface area (Å²) in [6.07, 6.45) is 1.67. The molecule has 0 saturated carbocycles. The molecule has 116 valence electrons. The quantitative estimate of drug-likeness (QED) is 0.736. The number of rotatable bonds is 3.